The highest BCUT2D eigenvalue weighted by molar-refractivity contribution is 8.00. The van der Waals surface area contributed by atoms with E-state index in [1.165, 1.54) is 0 Å². The van der Waals surface area contributed by atoms with Crippen molar-refractivity contribution in [2.45, 2.75) is 25.5 Å². The largest absolute Gasteiger partial charge is 0.312 e. The van der Waals surface area contributed by atoms with Gasteiger partial charge >= 0.3 is 0 Å². The smallest absolute Gasteiger partial charge is 0.156 e. The molecular weight excluding hydrogens is 309 g/mol. The van der Waals surface area contributed by atoms with Crippen molar-refractivity contribution >= 4 is 29.5 Å². The zero-order chi connectivity index (χ0) is 16.1. The molecule has 0 aliphatic rings. The van der Waals surface area contributed by atoms with E-state index in [0.29, 0.717) is 6.29 Å². The standard InChI is InChI=1S/C18H24NOPS/c1-18(2,3)22-15-19-14-21(20,16-10-6-4-7-11-16)17-12-8-5-9-13-17/h4-13,19H,14-15H2,1-3H3. The molecule has 1 N–H and O–H groups in total. The van der Waals surface area contributed by atoms with Gasteiger partial charge in [-0.15, -0.1) is 11.8 Å². The molecule has 2 nitrogen and oxygen atoms in total. The zero-order valence-electron chi connectivity index (χ0n) is 13.5. The maximum Gasteiger partial charge on any atom is 0.156 e. The highest BCUT2D eigenvalue weighted by atomic mass is 32.2. The SMILES string of the molecule is CC(C)(C)SCNCP(=O)(c1ccccc1)c1ccccc1. The Hall–Kier alpha value is -1.02. The van der Waals surface area contributed by atoms with Gasteiger partial charge in [0.05, 0.1) is 6.29 Å². The van der Waals surface area contributed by atoms with Crippen LogP contribution in [0.2, 0.25) is 0 Å². The molecule has 4 heteroatoms. The van der Waals surface area contributed by atoms with Gasteiger partial charge in [0.25, 0.3) is 0 Å². The van der Waals surface area contributed by atoms with E-state index < -0.39 is 7.14 Å². The molecule has 0 bridgehead atoms. The van der Waals surface area contributed by atoms with E-state index >= 15 is 0 Å². The molecule has 0 heterocycles. The summed E-state index contributed by atoms with van der Waals surface area (Å²) in [6.45, 7) is 6.56. The van der Waals surface area contributed by atoms with Crippen LogP contribution in [-0.4, -0.2) is 16.9 Å². The molecule has 0 amide bonds. The summed E-state index contributed by atoms with van der Waals surface area (Å²) in [4.78, 5) is 0. The van der Waals surface area contributed by atoms with E-state index in [1.807, 2.05) is 72.4 Å². The number of benzene rings is 2. The molecule has 0 aromatic heterocycles. The van der Waals surface area contributed by atoms with Crippen molar-refractivity contribution in [2.75, 3.05) is 12.2 Å². The Labute approximate surface area is 138 Å². The van der Waals surface area contributed by atoms with E-state index in [1.54, 1.807) is 0 Å². The summed E-state index contributed by atoms with van der Waals surface area (Å²) in [5, 5.41) is 5.20. The monoisotopic (exact) mass is 333 g/mol. The van der Waals surface area contributed by atoms with Crippen LogP contribution >= 0.6 is 18.9 Å². The fraction of sp³-hybridized carbons (Fsp3) is 0.333. The van der Waals surface area contributed by atoms with Gasteiger partial charge in [-0.1, -0.05) is 81.4 Å². The van der Waals surface area contributed by atoms with Crippen LogP contribution in [0.5, 0.6) is 0 Å². The summed E-state index contributed by atoms with van der Waals surface area (Å²) >= 11 is 1.83. The second-order valence-corrected chi connectivity index (χ2v) is 10.9. The number of hydrogen-bond donors (Lipinski definition) is 1. The minimum atomic E-state index is -2.63. The number of hydrogen-bond acceptors (Lipinski definition) is 3. The number of nitrogens with one attached hydrogen (secondary N) is 1. The molecule has 2 aromatic carbocycles. The minimum absolute atomic E-state index is 0.205. The molecule has 22 heavy (non-hydrogen) atoms. The first-order chi connectivity index (χ1) is 10.4. The van der Waals surface area contributed by atoms with Crippen molar-refractivity contribution < 1.29 is 4.57 Å². The molecule has 2 aromatic rings. The lowest BCUT2D eigenvalue weighted by molar-refractivity contribution is 0.584. The first kappa shape index (κ1) is 17.3. The van der Waals surface area contributed by atoms with Crippen molar-refractivity contribution in [1.29, 1.82) is 0 Å². The molecule has 0 radical (unpaired) electrons. The lowest BCUT2D eigenvalue weighted by Crippen LogP contribution is -2.27. The highest BCUT2D eigenvalue weighted by Crippen LogP contribution is 2.42. The van der Waals surface area contributed by atoms with Gasteiger partial charge in [-0.25, -0.2) is 0 Å². The Balaban J connectivity index is 2.19. The molecule has 0 saturated carbocycles. The summed E-state index contributed by atoms with van der Waals surface area (Å²) in [5.74, 6) is 0.799. The van der Waals surface area contributed by atoms with Crippen LogP contribution in [-0.2, 0) is 4.57 Å². The molecule has 0 unspecified atom stereocenters. The van der Waals surface area contributed by atoms with Gasteiger partial charge in [0.15, 0.2) is 7.14 Å². The van der Waals surface area contributed by atoms with Crippen molar-refractivity contribution in [3.05, 3.63) is 60.7 Å². The molecular formula is C18H24NOPS. The maximum atomic E-state index is 13.7. The first-order valence-electron chi connectivity index (χ1n) is 7.47. The van der Waals surface area contributed by atoms with E-state index in [2.05, 4.69) is 26.1 Å². The number of rotatable bonds is 6. The van der Waals surface area contributed by atoms with Crippen LogP contribution in [0.25, 0.3) is 0 Å². The van der Waals surface area contributed by atoms with Gasteiger partial charge in [0, 0.05) is 21.2 Å². The first-order valence-corrected chi connectivity index (χ1v) is 10.3. The summed E-state index contributed by atoms with van der Waals surface area (Å²) in [6, 6.07) is 19.6. The van der Waals surface area contributed by atoms with Gasteiger partial charge in [0.1, 0.15) is 0 Å². The van der Waals surface area contributed by atoms with Gasteiger partial charge in [0.2, 0.25) is 0 Å². The lowest BCUT2D eigenvalue weighted by Gasteiger charge is -2.22. The molecule has 0 fully saturated rings. The third-order valence-corrected chi connectivity index (χ3v) is 7.44. The Kier molecular flexibility index (Phi) is 5.91. The highest BCUT2D eigenvalue weighted by Gasteiger charge is 2.26. The van der Waals surface area contributed by atoms with Crippen LogP contribution in [0.1, 0.15) is 20.8 Å². The molecule has 118 valence electrons. The van der Waals surface area contributed by atoms with Gasteiger partial charge in [-0.05, 0) is 0 Å². The fourth-order valence-corrected chi connectivity index (χ4v) is 5.33. The molecule has 2 rings (SSSR count). The second-order valence-electron chi connectivity index (χ2n) is 6.22. The Morgan fingerprint density at radius 2 is 1.36 bits per heavy atom. The predicted molar refractivity (Wildman–Crippen MR) is 100.0 cm³/mol. The van der Waals surface area contributed by atoms with Crippen LogP contribution < -0.4 is 15.9 Å². The fourth-order valence-electron chi connectivity index (χ4n) is 2.14. The third-order valence-electron chi connectivity index (χ3n) is 3.29. The van der Waals surface area contributed by atoms with E-state index in [9.17, 15) is 4.57 Å². The van der Waals surface area contributed by atoms with Crippen LogP contribution in [0.15, 0.2) is 60.7 Å². The van der Waals surface area contributed by atoms with E-state index in [-0.39, 0.29) is 4.75 Å². The zero-order valence-corrected chi connectivity index (χ0v) is 15.2. The van der Waals surface area contributed by atoms with Crippen molar-refractivity contribution in [2.24, 2.45) is 0 Å². The van der Waals surface area contributed by atoms with Crippen LogP contribution in [0.4, 0.5) is 0 Å². The predicted octanol–water partition coefficient (Wildman–Crippen LogP) is 4.04. The van der Waals surface area contributed by atoms with Crippen molar-refractivity contribution in [3.63, 3.8) is 0 Å². The molecule has 0 saturated heterocycles. The topological polar surface area (TPSA) is 29.1 Å². The van der Waals surface area contributed by atoms with Gasteiger partial charge in [-0.3, -0.25) is 0 Å². The van der Waals surface area contributed by atoms with Gasteiger partial charge < -0.3 is 9.88 Å². The average Bonchev–Trinajstić information content (AvgIpc) is 2.52. The average molecular weight is 333 g/mol. The van der Waals surface area contributed by atoms with Crippen LogP contribution in [0, 0.1) is 0 Å². The lowest BCUT2D eigenvalue weighted by atomic mass is 10.3. The normalized spacial score (nSPS) is 12.3. The summed E-state index contributed by atoms with van der Waals surface area (Å²) in [5.41, 5.74) is 0. The summed E-state index contributed by atoms with van der Waals surface area (Å²) < 4.78 is 13.9. The minimum Gasteiger partial charge on any atom is -0.312 e. The van der Waals surface area contributed by atoms with E-state index in [0.717, 1.165) is 16.5 Å². The Morgan fingerprint density at radius 1 is 0.909 bits per heavy atom. The molecule has 0 spiro atoms. The molecule has 0 aliphatic heterocycles. The third kappa shape index (κ3) is 4.74. The Morgan fingerprint density at radius 3 is 1.77 bits per heavy atom. The van der Waals surface area contributed by atoms with Crippen molar-refractivity contribution in [3.8, 4) is 0 Å². The second kappa shape index (κ2) is 7.50. The quantitative estimate of drug-likeness (QED) is 0.491. The molecule has 0 aliphatic carbocycles. The van der Waals surface area contributed by atoms with Gasteiger partial charge in [-0.2, -0.15) is 0 Å². The van der Waals surface area contributed by atoms with E-state index in [4.69, 9.17) is 0 Å². The Bertz CT molecular complexity index is 579. The van der Waals surface area contributed by atoms with Crippen LogP contribution in [0.3, 0.4) is 0 Å². The number of thioether (sulfide) groups is 1. The summed E-state index contributed by atoms with van der Waals surface area (Å²) in [6.07, 6.45) is 0.490. The molecule has 0 atom stereocenters. The van der Waals surface area contributed by atoms with Crippen molar-refractivity contribution in [1.82, 2.24) is 5.32 Å². The maximum absolute atomic E-state index is 13.7. The summed E-state index contributed by atoms with van der Waals surface area (Å²) in [7, 11) is -2.63.